The lowest BCUT2D eigenvalue weighted by atomic mass is 9.84. The van der Waals surface area contributed by atoms with E-state index in [1.54, 1.807) is 0 Å². The number of hydrogen-bond acceptors (Lipinski definition) is 0. The normalized spacial score (nSPS) is 11.7. The summed E-state index contributed by atoms with van der Waals surface area (Å²) in [6.07, 6.45) is 2.72. The quantitative estimate of drug-likeness (QED) is 0.492. The number of hydrogen-bond donors (Lipinski definition) is 0. The molecule has 0 aromatic rings. The summed E-state index contributed by atoms with van der Waals surface area (Å²) in [5.41, 5.74) is 0.500. The Kier molecular flexibility index (Phi) is 16.8. The van der Waals surface area contributed by atoms with E-state index in [9.17, 15) is 0 Å². The molecule has 21 heavy (non-hydrogen) atoms. The van der Waals surface area contributed by atoms with E-state index in [0.29, 0.717) is 5.41 Å². The molecular formula is C21H48. The van der Waals surface area contributed by atoms with Gasteiger partial charge in [-0.1, -0.05) is 90.0 Å². The zero-order valence-electron chi connectivity index (χ0n) is 17.8. The lowest BCUT2D eigenvalue weighted by Crippen LogP contribution is -2.12. The van der Waals surface area contributed by atoms with E-state index < -0.39 is 0 Å². The van der Waals surface area contributed by atoms with Crippen molar-refractivity contribution in [3.63, 3.8) is 0 Å². The van der Waals surface area contributed by atoms with E-state index in [-0.39, 0.29) is 0 Å². The second kappa shape index (κ2) is 13.6. The molecule has 0 nitrogen and oxygen atoms in total. The minimum Gasteiger partial charge on any atom is -0.0628 e. The Morgan fingerprint density at radius 2 is 0.619 bits per heavy atom. The van der Waals surface area contributed by atoms with Gasteiger partial charge in [-0.15, -0.1) is 0 Å². The molecule has 0 unspecified atom stereocenters. The van der Waals surface area contributed by atoms with Crippen LogP contribution in [0, 0.1) is 35.0 Å². The van der Waals surface area contributed by atoms with Gasteiger partial charge < -0.3 is 0 Å². The van der Waals surface area contributed by atoms with E-state index in [0.717, 1.165) is 29.6 Å². The van der Waals surface area contributed by atoms with Gasteiger partial charge in [0, 0.05) is 0 Å². The molecule has 0 aromatic heterocycles. The molecule has 0 fully saturated rings. The SMILES string of the molecule is CC(C)C(C)(C)C.CC(C)CC(C)C.CC(C)CC(C)C. The first-order valence-corrected chi connectivity index (χ1v) is 9.20. The van der Waals surface area contributed by atoms with Crippen LogP contribution in [0.4, 0.5) is 0 Å². The average Bonchev–Trinajstić information content (AvgIpc) is 2.12. The first-order chi connectivity index (χ1) is 9.20. The van der Waals surface area contributed by atoms with Crippen LogP contribution in [0.25, 0.3) is 0 Å². The van der Waals surface area contributed by atoms with Gasteiger partial charge in [-0.3, -0.25) is 0 Å². The third-order valence-corrected chi connectivity index (χ3v) is 3.62. The molecule has 132 valence electrons. The maximum Gasteiger partial charge on any atom is -0.0360 e. The first kappa shape index (κ1) is 25.9. The zero-order chi connectivity index (χ0) is 17.8. The third kappa shape index (κ3) is 33.1. The van der Waals surface area contributed by atoms with Crippen molar-refractivity contribution in [3.05, 3.63) is 0 Å². The van der Waals surface area contributed by atoms with Gasteiger partial charge in [0.1, 0.15) is 0 Å². The van der Waals surface area contributed by atoms with E-state index in [4.69, 9.17) is 0 Å². The molecule has 0 heterocycles. The largest absolute Gasteiger partial charge is 0.0628 e. The topological polar surface area (TPSA) is 0 Å². The molecule has 0 amide bonds. The molecule has 0 N–H and O–H groups in total. The van der Waals surface area contributed by atoms with Gasteiger partial charge in [-0.05, 0) is 47.8 Å². The van der Waals surface area contributed by atoms with Crippen molar-refractivity contribution in [2.75, 3.05) is 0 Å². The predicted molar refractivity (Wildman–Crippen MR) is 103 cm³/mol. The monoisotopic (exact) mass is 300 g/mol. The van der Waals surface area contributed by atoms with Crippen molar-refractivity contribution in [2.24, 2.45) is 35.0 Å². The number of rotatable bonds is 4. The molecule has 0 aliphatic rings. The minimum atomic E-state index is 0.500. The van der Waals surface area contributed by atoms with Crippen molar-refractivity contribution in [2.45, 2.75) is 103 Å². The van der Waals surface area contributed by atoms with Gasteiger partial charge in [0.15, 0.2) is 0 Å². The molecule has 0 spiro atoms. The Balaban J connectivity index is -0.000000231. The lowest BCUT2D eigenvalue weighted by Gasteiger charge is -2.22. The van der Waals surface area contributed by atoms with E-state index in [1.165, 1.54) is 12.8 Å². The molecule has 0 saturated heterocycles. The Morgan fingerprint density at radius 1 is 0.476 bits per heavy atom. The first-order valence-electron chi connectivity index (χ1n) is 9.20. The van der Waals surface area contributed by atoms with Crippen LogP contribution in [0.15, 0.2) is 0 Å². The van der Waals surface area contributed by atoms with Crippen molar-refractivity contribution in [3.8, 4) is 0 Å². The van der Waals surface area contributed by atoms with E-state index in [1.807, 2.05) is 0 Å². The van der Waals surface area contributed by atoms with Gasteiger partial charge in [-0.25, -0.2) is 0 Å². The van der Waals surface area contributed by atoms with Crippen LogP contribution in [-0.2, 0) is 0 Å². The molecule has 0 radical (unpaired) electrons. The Hall–Kier alpha value is 0. The molecule has 0 heteroatoms. The second-order valence-corrected chi connectivity index (χ2v) is 9.57. The summed E-state index contributed by atoms with van der Waals surface area (Å²) in [7, 11) is 0. The summed E-state index contributed by atoms with van der Waals surface area (Å²) in [6.45, 7) is 29.4. The summed E-state index contributed by atoms with van der Waals surface area (Å²) in [4.78, 5) is 0. The Morgan fingerprint density at radius 3 is 0.619 bits per heavy atom. The van der Waals surface area contributed by atoms with Crippen LogP contribution >= 0.6 is 0 Å². The second-order valence-electron chi connectivity index (χ2n) is 9.57. The summed E-state index contributed by atoms with van der Waals surface area (Å²) in [5, 5.41) is 0. The van der Waals surface area contributed by atoms with Gasteiger partial charge in [0.25, 0.3) is 0 Å². The standard InChI is InChI=1S/3C7H16/c1-6(2)7(3,4)5;2*1-6(2)5-7(3)4/h6H,1-5H3;2*6-7H,5H2,1-4H3. The third-order valence-electron chi connectivity index (χ3n) is 3.62. The Labute approximate surface area is 138 Å². The van der Waals surface area contributed by atoms with Crippen LogP contribution in [0.5, 0.6) is 0 Å². The van der Waals surface area contributed by atoms with Crippen LogP contribution in [-0.4, -0.2) is 0 Å². The van der Waals surface area contributed by atoms with Crippen LogP contribution in [0.2, 0.25) is 0 Å². The van der Waals surface area contributed by atoms with Gasteiger partial charge in [0.2, 0.25) is 0 Å². The van der Waals surface area contributed by atoms with Gasteiger partial charge >= 0.3 is 0 Å². The van der Waals surface area contributed by atoms with Crippen molar-refractivity contribution < 1.29 is 0 Å². The highest BCUT2D eigenvalue weighted by Crippen LogP contribution is 2.23. The van der Waals surface area contributed by atoms with Gasteiger partial charge in [0.05, 0.1) is 0 Å². The summed E-state index contributed by atoms with van der Waals surface area (Å²) in [6, 6.07) is 0. The minimum absolute atomic E-state index is 0.500. The summed E-state index contributed by atoms with van der Waals surface area (Å²) < 4.78 is 0. The molecule has 0 atom stereocenters. The predicted octanol–water partition coefficient (Wildman–Crippen LogP) is 8.07. The smallest absolute Gasteiger partial charge is 0.0360 e. The van der Waals surface area contributed by atoms with E-state index in [2.05, 4.69) is 90.0 Å². The highest BCUT2D eigenvalue weighted by molar-refractivity contribution is 4.64. The lowest BCUT2D eigenvalue weighted by molar-refractivity contribution is 0.283. The maximum atomic E-state index is 2.26. The fraction of sp³-hybridized carbons (Fsp3) is 1.00. The maximum absolute atomic E-state index is 2.26. The molecule has 0 bridgehead atoms. The van der Waals surface area contributed by atoms with Crippen LogP contribution in [0.1, 0.15) is 103 Å². The molecule has 0 aliphatic heterocycles. The van der Waals surface area contributed by atoms with Crippen LogP contribution < -0.4 is 0 Å². The summed E-state index contributed by atoms with van der Waals surface area (Å²) >= 11 is 0. The molecule has 0 aliphatic carbocycles. The molecular weight excluding hydrogens is 252 g/mol. The van der Waals surface area contributed by atoms with Crippen LogP contribution in [0.3, 0.4) is 0 Å². The fourth-order valence-electron chi connectivity index (χ4n) is 1.89. The highest BCUT2D eigenvalue weighted by Gasteiger charge is 2.13. The van der Waals surface area contributed by atoms with Crippen molar-refractivity contribution >= 4 is 0 Å². The zero-order valence-corrected chi connectivity index (χ0v) is 17.8. The molecule has 0 rings (SSSR count). The fourth-order valence-corrected chi connectivity index (χ4v) is 1.89. The molecule has 0 saturated carbocycles. The summed E-state index contributed by atoms with van der Waals surface area (Å²) in [5.74, 6) is 4.30. The highest BCUT2D eigenvalue weighted by atomic mass is 14.2. The Bertz CT molecular complexity index is 163. The van der Waals surface area contributed by atoms with Crippen molar-refractivity contribution in [1.29, 1.82) is 0 Å². The van der Waals surface area contributed by atoms with E-state index >= 15 is 0 Å². The molecule has 0 aromatic carbocycles. The van der Waals surface area contributed by atoms with Crippen molar-refractivity contribution in [1.82, 2.24) is 0 Å². The average molecular weight is 301 g/mol. The van der Waals surface area contributed by atoms with Gasteiger partial charge in [-0.2, -0.15) is 0 Å².